The lowest BCUT2D eigenvalue weighted by Gasteiger charge is -2.08. The number of nitrogens with zero attached hydrogens (tertiary/aromatic N) is 1. The van der Waals surface area contributed by atoms with E-state index in [9.17, 15) is 9.59 Å². The second-order valence-corrected chi connectivity index (χ2v) is 5.30. The standard InChI is InChI=1S/C18H16N4O3/c1-12-11-16(22-25-12)17(23)19-14-7-9-15(10-8-14)21-18(24)20-13-5-3-2-4-6-13/h2-11H,1H3,(H,19,23)(H2,20,21,24). The molecule has 7 nitrogen and oxygen atoms in total. The Morgan fingerprint density at radius 1 is 0.840 bits per heavy atom. The van der Waals surface area contributed by atoms with Gasteiger partial charge in [0.1, 0.15) is 5.76 Å². The van der Waals surface area contributed by atoms with Crippen LogP contribution in [0.1, 0.15) is 16.2 Å². The first-order chi connectivity index (χ1) is 12.1. The van der Waals surface area contributed by atoms with E-state index in [4.69, 9.17) is 4.52 Å². The highest BCUT2D eigenvalue weighted by molar-refractivity contribution is 6.03. The third-order valence-corrected chi connectivity index (χ3v) is 3.29. The SMILES string of the molecule is Cc1cc(C(=O)Nc2ccc(NC(=O)Nc3ccccc3)cc2)no1. The molecule has 0 bridgehead atoms. The average Bonchev–Trinajstić information content (AvgIpc) is 3.04. The molecule has 25 heavy (non-hydrogen) atoms. The highest BCUT2D eigenvalue weighted by atomic mass is 16.5. The van der Waals surface area contributed by atoms with Crippen LogP contribution in [0.4, 0.5) is 21.9 Å². The number of anilines is 3. The van der Waals surface area contributed by atoms with Gasteiger partial charge < -0.3 is 20.5 Å². The minimum absolute atomic E-state index is 0.210. The number of hydrogen-bond donors (Lipinski definition) is 3. The van der Waals surface area contributed by atoms with Gasteiger partial charge in [0.05, 0.1) is 0 Å². The topological polar surface area (TPSA) is 96.3 Å². The van der Waals surface area contributed by atoms with Gasteiger partial charge in [-0.05, 0) is 43.3 Å². The van der Waals surface area contributed by atoms with Gasteiger partial charge in [0.15, 0.2) is 5.69 Å². The Morgan fingerprint density at radius 2 is 1.40 bits per heavy atom. The summed E-state index contributed by atoms with van der Waals surface area (Å²) in [7, 11) is 0. The number of carbonyl (C=O) groups is 2. The van der Waals surface area contributed by atoms with E-state index in [1.807, 2.05) is 18.2 Å². The lowest BCUT2D eigenvalue weighted by atomic mass is 10.2. The fourth-order valence-electron chi connectivity index (χ4n) is 2.12. The van der Waals surface area contributed by atoms with Crippen molar-refractivity contribution in [1.29, 1.82) is 0 Å². The van der Waals surface area contributed by atoms with E-state index in [0.717, 1.165) is 0 Å². The lowest BCUT2D eigenvalue weighted by molar-refractivity contribution is 0.101. The number of benzene rings is 2. The molecular formula is C18H16N4O3. The molecule has 3 N–H and O–H groups in total. The van der Waals surface area contributed by atoms with Crippen LogP contribution in [0.3, 0.4) is 0 Å². The zero-order valence-electron chi connectivity index (χ0n) is 13.4. The third kappa shape index (κ3) is 4.44. The van der Waals surface area contributed by atoms with Crippen molar-refractivity contribution in [2.45, 2.75) is 6.92 Å². The number of rotatable bonds is 4. The Hall–Kier alpha value is -3.61. The van der Waals surface area contributed by atoms with Gasteiger partial charge in [0.2, 0.25) is 0 Å². The first kappa shape index (κ1) is 16.3. The van der Waals surface area contributed by atoms with Gasteiger partial charge in [-0.15, -0.1) is 0 Å². The molecule has 3 amide bonds. The number of aryl methyl sites for hydroxylation is 1. The van der Waals surface area contributed by atoms with Gasteiger partial charge in [0.25, 0.3) is 5.91 Å². The van der Waals surface area contributed by atoms with E-state index < -0.39 is 0 Å². The second-order valence-electron chi connectivity index (χ2n) is 5.30. The average molecular weight is 336 g/mol. The predicted molar refractivity (Wildman–Crippen MR) is 94.7 cm³/mol. The molecule has 0 aliphatic rings. The molecule has 0 spiro atoms. The molecule has 126 valence electrons. The number of para-hydroxylation sites is 1. The third-order valence-electron chi connectivity index (χ3n) is 3.29. The van der Waals surface area contributed by atoms with Crippen molar-refractivity contribution in [1.82, 2.24) is 5.16 Å². The Morgan fingerprint density at radius 3 is 1.96 bits per heavy atom. The summed E-state index contributed by atoms with van der Waals surface area (Å²) in [5.74, 6) is 0.202. The minimum atomic E-state index is -0.362. The molecular weight excluding hydrogens is 320 g/mol. The first-order valence-corrected chi connectivity index (χ1v) is 7.58. The van der Waals surface area contributed by atoms with Crippen LogP contribution in [0.25, 0.3) is 0 Å². The Labute approximate surface area is 144 Å². The summed E-state index contributed by atoms with van der Waals surface area (Å²) in [5, 5.41) is 11.8. The summed E-state index contributed by atoms with van der Waals surface area (Å²) in [6.45, 7) is 1.71. The van der Waals surface area contributed by atoms with E-state index in [2.05, 4.69) is 21.1 Å². The maximum absolute atomic E-state index is 12.0. The van der Waals surface area contributed by atoms with Crippen LogP contribution in [-0.2, 0) is 0 Å². The molecule has 3 rings (SSSR count). The van der Waals surface area contributed by atoms with Gasteiger partial charge in [-0.2, -0.15) is 0 Å². The molecule has 0 aliphatic heterocycles. The summed E-state index contributed by atoms with van der Waals surface area (Å²) in [6.07, 6.45) is 0. The van der Waals surface area contributed by atoms with Crippen molar-refractivity contribution >= 4 is 29.0 Å². The first-order valence-electron chi connectivity index (χ1n) is 7.58. The van der Waals surface area contributed by atoms with Crippen LogP contribution in [0.2, 0.25) is 0 Å². The molecule has 0 unspecified atom stereocenters. The summed E-state index contributed by atoms with van der Waals surface area (Å²) in [5.41, 5.74) is 2.09. The number of nitrogens with one attached hydrogen (secondary N) is 3. The molecule has 0 atom stereocenters. The van der Waals surface area contributed by atoms with E-state index in [1.165, 1.54) is 0 Å². The molecule has 2 aromatic carbocycles. The fourth-order valence-corrected chi connectivity index (χ4v) is 2.12. The molecule has 1 heterocycles. The Balaban J connectivity index is 1.56. The van der Waals surface area contributed by atoms with Gasteiger partial charge in [-0.3, -0.25) is 4.79 Å². The number of amides is 3. The smallest absolute Gasteiger partial charge is 0.323 e. The summed E-state index contributed by atoms with van der Waals surface area (Å²) < 4.78 is 4.87. The van der Waals surface area contributed by atoms with Gasteiger partial charge in [-0.1, -0.05) is 23.4 Å². The van der Waals surface area contributed by atoms with E-state index in [0.29, 0.717) is 22.8 Å². The number of aromatic nitrogens is 1. The van der Waals surface area contributed by atoms with Crippen molar-refractivity contribution in [3.05, 3.63) is 72.1 Å². The van der Waals surface area contributed by atoms with Gasteiger partial charge >= 0.3 is 6.03 Å². The van der Waals surface area contributed by atoms with Gasteiger partial charge in [-0.25, -0.2) is 4.79 Å². The molecule has 1 aromatic heterocycles. The van der Waals surface area contributed by atoms with Crippen molar-refractivity contribution in [2.75, 3.05) is 16.0 Å². The predicted octanol–water partition coefficient (Wildman–Crippen LogP) is 3.88. The normalized spacial score (nSPS) is 10.1. The largest absolute Gasteiger partial charge is 0.361 e. The van der Waals surface area contributed by atoms with Crippen LogP contribution in [0.5, 0.6) is 0 Å². The van der Waals surface area contributed by atoms with Gasteiger partial charge in [0, 0.05) is 23.1 Å². The Kier molecular flexibility index (Phi) is 4.75. The number of hydrogen-bond acceptors (Lipinski definition) is 4. The fraction of sp³-hybridized carbons (Fsp3) is 0.0556. The maximum atomic E-state index is 12.0. The van der Waals surface area contributed by atoms with Crippen molar-refractivity contribution in [2.24, 2.45) is 0 Å². The molecule has 0 fully saturated rings. The summed E-state index contributed by atoms with van der Waals surface area (Å²) >= 11 is 0. The number of carbonyl (C=O) groups excluding carboxylic acids is 2. The summed E-state index contributed by atoms with van der Waals surface area (Å²) in [4.78, 5) is 23.9. The zero-order chi connectivity index (χ0) is 17.6. The highest BCUT2D eigenvalue weighted by Crippen LogP contribution is 2.15. The minimum Gasteiger partial charge on any atom is -0.361 e. The molecule has 0 radical (unpaired) electrons. The molecule has 7 heteroatoms. The number of urea groups is 1. The van der Waals surface area contributed by atoms with Crippen molar-refractivity contribution < 1.29 is 14.1 Å². The van der Waals surface area contributed by atoms with Crippen LogP contribution < -0.4 is 16.0 Å². The van der Waals surface area contributed by atoms with Crippen LogP contribution in [0, 0.1) is 6.92 Å². The van der Waals surface area contributed by atoms with E-state index in [-0.39, 0.29) is 17.6 Å². The van der Waals surface area contributed by atoms with Crippen LogP contribution in [0.15, 0.2) is 65.2 Å². The van der Waals surface area contributed by atoms with Crippen LogP contribution >= 0.6 is 0 Å². The highest BCUT2D eigenvalue weighted by Gasteiger charge is 2.11. The molecule has 3 aromatic rings. The zero-order valence-corrected chi connectivity index (χ0v) is 13.4. The van der Waals surface area contributed by atoms with E-state index >= 15 is 0 Å². The maximum Gasteiger partial charge on any atom is 0.323 e. The van der Waals surface area contributed by atoms with Crippen molar-refractivity contribution in [3.8, 4) is 0 Å². The van der Waals surface area contributed by atoms with Crippen LogP contribution in [-0.4, -0.2) is 17.1 Å². The molecule has 0 saturated carbocycles. The monoisotopic (exact) mass is 336 g/mol. The quantitative estimate of drug-likeness (QED) is 0.673. The second kappa shape index (κ2) is 7.31. The summed E-state index contributed by atoms with van der Waals surface area (Å²) in [6, 6.07) is 17.1. The molecule has 0 aliphatic carbocycles. The van der Waals surface area contributed by atoms with E-state index in [1.54, 1.807) is 49.4 Å². The van der Waals surface area contributed by atoms with Crippen molar-refractivity contribution in [3.63, 3.8) is 0 Å². The lowest BCUT2D eigenvalue weighted by Crippen LogP contribution is -2.19. The molecule has 0 saturated heterocycles. The Bertz CT molecular complexity index is 873.